The number of allylic oxidation sites excluding steroid dienone is 5. The third-order valence-electron chi connectivity index (χ3n) is 5.96. The van der Waals surface area contributed by atoms with E-state index in [2.05, 4.69) is 0 Å². The first-order valence-corrected chi connectivity index (χ1v) is 10.9. The Hall–Kier alpha value is -3.60. The Labute approximate surface area is 188 Å². The topological polar surface area (TPSA) is 66.8 Å². The van der Waals surface area contributed by atoms with E-state index in [0.717, 1.165) is 23.1 Å². The number of carboxylic acid groups (broad SMARTS) is 1. The van der Waals surface area contributed by atoms with Crippen LogP contribution in [-0.4, -0.2) is 40.6 Å². The highest BCUT2D eigenvalue weighted by atomic mass is 16.5. The van der Waals surface area contributed by atoms with Crippen molar-refractivity contribution >= 4 is 11.9 Å². The minimum Gasteiger partial charge on any atom is -0.498 e. The van der Waals surface area contributed by atoms with Crippen LogP contribution >= 0.6 is 0 Å². The van der Waals surface area contributed by atoms with Gasteiger partial charge in [-0.25, -0.2) is 4.79 Å². The van der Waals surface area contributed by atoms with E-state index in [1.54, 1.807) is 6.26 Å². The van der Waals surface area contributed by atoms with Crippen molar-refractivity contribution in [2.75, 3.05) is 6.54 Å². The number of amides is 1. The summed E-state index contributed by atoms with van der Waals surface area (Å²) in [5, 5.41) is 9.93. The molecule has 4 rings (SSSR count). The largest absolute Gasteiger partial charge is 0.498 e. The van der Waals surface area contributed by atoms with Gasteiger partial charge in [-0.15, -0.1) is 0 Å². The molecule has 0 aromatic heterocycles. The lowest BCUT2D eigenvalue weighted by atomic mass is 9.88. The molecule has 1 fully saturated rings. The number of carbonyl (C=O) groups excluding carboxylic acids is 1. The molecule has 5 nitrogen and oxygen atoms in total. The van der Waals surface area contributed by atoms with Gasteiger partial charge in [0.1, 0.15) is 12.1 Å². The zero-order valence-corrected chi connectivity index (χ0v) is 17.8. The molecule has 1 amide bonds. The Bertz CT molecular complexity index is 987. The van der Waals surface area contributed by atoms with Gasteiger partial charge >= 0.3 is 5.97 Å². The van der Waals surface area contributed by atoms with E-state index in [-0.39, 0.29) is 18.4 Å². The van der Waals surface area contributed by atoms with E-state index in [0.29, 0.717) is 13.0 Å². The van der Waals surface area contributed by atoms with Crippen LogP contribution in [0.5, 0.6) is 0 Å². The Morgan fingerprint density at radius 3 is 2.22 bits per heavy atom. The number of aliphatic carboxylic acids is 1. The lowest BCUT2D eigenvalue weighted by Crippen LogP contribution is -2.53. The molecule has 1 heterocycles. The number of hydrogen-bond donors (Lipinski definition) is 1. The number of benzene rings is 2. The number of piperidine rings is 1. The van der Waals surface area contributed by atoms with Crippen LogP contribution in [0, 0.1) is 0 Å². The smallest absolute Gasteiger partial charge is 0.326 e. The van der Waals surface area contributed by atoms with Crippen LogP contribution in [0.2, 0.25) is 0 Å². The highest BCUT2D eigenvalue weighted by Crippen LogP contribution is 2.31. The maximum atomic E-state index is 13.7. The van der Waals surface area contributed by atoms with Gasteiger partial charge in [0.15, 0.2) is 0 Å². The molecule has 1 N–H and O–H groups in total. The molecular weight excluding hydrogens is 402 g/mol. The molecule has 2 atom stereocenters. The van der Waals surface area contributed by atoms with E-state index >= 15 is 0 Å². The Morgan fingerprint density at radius 2 is 1.66 bits per heavy atom. The van der Waals surface area contributed by atoms with E-state index in [4.69, 9.17) is 4.74 Å². The first-order valence-electron chi connectivity index (χ1n) is 10.9. The lowest BCUT2D eigenvalue weighted by molar-refractivity contribution is -0.154. The average Bonchev–Trinajstić information content (AvgIpc) is 2.84. The van der Waals surface area contributed by atoms with Crippen LogP contribution in [0.4, 0.5) is 0 Å². The Balaban J connectivity index is 1.54. The fraction of sp³-hybridized carbons (Fsp3) is 0.259. The molecule has 2 aliphatic rings. The first-order chi connectivity index (χ1) is 15.6. The molecule has 1 aliphatic heterocycles. The van der Waals surface area contributed by atoms with Gasteiger partial charge in [0.2, 0.25) is 5.91 Å². The Kier molecular flexibility index (Phi) is 6.85. The normalized spacial score (nSPS) is 21.7. The third kappa shape index (κ3) is 4.99. The molecule has 0 bridgehead atoms. The van der Waals surface area contributed by atoms with E-state index in [1.807, 2.05) is 85.0 Å². The maximum Gasteiger partial charge on any atom is 0.326 e. The SMILES string of the molecule is O=C(O)C1CC(OC=C2C=CC=CC2)CCN1C(=O)C(c1ccccc1)c1ccccc1. The molecule has 164 valence electrons. The summed E-state index contributed by atoms with van der Waals surface area (Å²) in [7, 11) is 0. The van der Waals surface area contributed by atoms with Gasteiger partial charge < -0.3 is 14.7 Å². The summed E-state index contributed by atoms with van der Waals surface area (Å²) in [6, 6.07) is 18.2. The van der Waals surface area contributed by atoms with Crippen molar-refractivity contribution in [3.05, 3.63) is 108 Å². The van der Waals surface area contributed by atoms with Crippen molar-refractivity contribution in [2.45, 2.75) is 37.3 Å². The summed E-state index contributed by atoms with van der Waals surface area (Å²) in [6.07, 6.45) is 11.1. The fourth-order valence-corrected chi connectivity index (χ4v) is 4.29. The molecule has 0 spiro atoms. The second kappa shape index (κ2) is 10.1. The van der Waals surface area contributed by atoms with E-state index in [1.165, 1.54) is 4.90 Å². The van der Waals surface area contributed by atoms with Crippen LogP contribution in [0.1, 0.15) is 36.3 Å². The zero-order valence-electron chi connectivity index (χ0n) is 17.8. The number of likely N-dealkylation sites (tertiary alicyclic amines) is 1. The summed E-state index contributed by atoms with van der Waals surface area (Å²) >= 11 is 0. The highest BCUT2D eigenvalue weighted by molar-refractivity contribution is 5.91. The molecule has 2 unspecified atom stereocenters. The van der Waals surface area contributed by atoms with Crippen LogP contribution in [0.25, 0.3) is 0 Å². The molecule has 1 saturated heterocycles. The molecule has 1 aliphatic carbocycles. The average molecular weight is 430 g/mol. The number of ether oxygens (including phenoxy) is 1. The van der Waals surface area contributed by atoms with Crippen molar-refractivity contribution in [1.82, 2.24) is 4.90 Å². The molecule has 0 saturated carbocycles. The Morgan fingerprint density at radius 1 is 1.00 bits per heavy atom. The van der Waals surface area contributed by atoms with Crippen LogP contribution in [-0.2, 0) is 14.3 Å². The van der Waals surface area contributed by atoms with Crippen molar-refractivity contribution < 1.29 is 19.4 Å². The van der Waals surface area contributed by atoms with Gasteiger partial charge in [-0.05, 0) is 23.1 Å². The lowest BCUT2D eigenvalue weighted by Gasteiger charge is -2.38. The molecular formula is C27H27NO4. The van der Waals surface area contributed by atoms with E-state index in [9.17, 15) is 14.7 Å². The standard InChI is InChI=1S/C27H27NO4/c29-26(25(21-12-6-2-7-13-21)22-14-8-3-9-15-22)28-17-16-23(18-24(28)27(30)31)32-19-20-10-4-1-5-11-20/h1-10,12-15,19,23-25H,11,16-18H2,(H,30,31). The summed E-state index contributed by atoms with van der Waals surface area (Å²) in [5.74, 6) is -1.73. The van der Waals surface area contributed by atoms with E-state index < -0.39 is 17.9 Å². The van der Waals surface area contributed by atoms with Crippen LogP contribution in [0.15, 0.2) is 96.8 Å². The van der Waals surface area contributed by atoms with Gasteiger partial charge in [0.05, 0.1) is 12.2 Å². The molecule has 2 aromatic rings. The predicted molar refractivity (Wildman–Crippen MR) is 123 cm³/mol. The zero-order chi connectivity index (χ0) is 22.3. The summed E-state index contributed by atoms with van der Waals surface area (Å²) in [5.41, 5.74) is 2.76. The molecule has 0 radical (unpaired) electrons. The first kappa shape index (κ1) is 21.6. The van der Waals surface area contributed by atoms with Gasteiger partial charge in [0.25, 0.3) is 0 Å². The second-order valence-corrected chi connectivity index (χ2v) is 8.11. The van der Waals surface area contributed by atoms with Crippen LogP contribution < -0.4 is 0 Å². The van der Waals surface area contributed by atoms with Crippen molar-refractivity contribution in [3.8, 4) is 0 Å². The quantitative estimate of drug-likeness (QED) is 0.677. The van der Waals surface area contributed by atoms with Gasteiger partial charge in [0, 0.05) is 19.4 Å². The summed E-state index contributed by atoms with van der Waals surface area (Å²) < 4.78 is 5.91. The number of hydrogen-bond acceptors (Lipinski definition) is 3. The molecule has 2 aromatic carbocycles. The number of carbonyl (C=O) groups is 2. The molecule has 5 heteroatoms. The maximum absolute atomic E-state index is 13.7. The minimum absolute atomic E-state index is 0.188. The predicted octanol–water partition coefficient (Wildman–Crippen LogP) is 4.68. The second-order valence-electron chi connectivity index (χ2n) is 8.11. The van der Waals surface area contributed by atoms with Crippen molar-refractivity contribution in [1.29, 1.82) is 0 Å². The van der Waals surface area contributed by atoms with Crippen molar-refractivity contribution in [3.63, 3.8) is 0 Å². The fourth-order valence-electron chi connectivity index (χ4n) is 4.29. The summed E-state index contributed by atoms with van der Waals surface area (Å²) in [4.78, 5) is 27.4. The minimum atomic E-state index is -1.00. The van der Waals surface area contributed by atoms with Gasteiger partial charge in [-0.3, -0.25) is 4.79 Å². The van der Waals surface area contributed by atoms with Gasteiger partial charge in [-0.1, -0.05) is 85.0 Å². The number of rotatable bonds is 6. The summed E-state index contributed by atoms with van der Waals surface area (Å²) in [6.45, 7) is 0.343. The van der Waals surface area contributed by atoms with Crippen LogP contribution in [0.3, 0.4) is 0 Å². The molecule has 32 heavy (non-hydrogen) atoms. The third-order valence-corrected chi connectivity index (χ3v) is 5.96. The monoisotopic (exact) mass is 429 g/mol. The number of carboxylic acids is 1. The highest BCUT2D eigenvalue weighted by Gasteiger charge is 2.40. The van der Waals surface area contributed by atoms with Gasteiger partial charge in [-0.2, -0.15) is 0 Å². The van der Waals surface area contributed by atoms with Crippen molar-refractivity contribution in [2.24, 2.45) is 0 Å². The number of nitrogens with zero attached hydrogens (tertiary/aromatic N) is 1.